The first-order chi connectivity index (χ1) is 8.29. The summed E-state index contributed by atoms with van der Waals surface area (Å²) in [5.41, 5.74) is 1.02. The average molecular weight is 236 g/mol. The largest absolute Gasteiger partial charge is 0.311 e. The lowest BCUT2D eigenvalue weighted by atomic mass is 10.2. The van der Waals surface area contributed by atoms with Crippen LogP contribution in [0.3, 0.4) is 0 Å². The summed E-state index contributed by atoms with van der Waals surface area (Å²) in [6, 6.07) is 7.47. The van der Waals surface area contributed by atoms with Gasteiger partial charge in [0.25, 0.3) is 0 Å². The van der Waals surface area contributed by atoms with Gasteiger partial charge in [-0.1, -0.05) is 19.1 Å². The highest BCUT2D eigenvalue weighted by atomic mass is 19.1. The van der Waals surface area contributed by atoms with Crippen LogP contribution in [0.2, 0.25) is 0 Å². The smallest absolute Gasteiger partial charge is 0.123 e. The van der Waals surface area contributed by atoms with Gasteiger partial charge in [0.2, 0.25) is 0 Å². The summed E-state index contributed by atoms with van der Waals surface area (Å²) >= 11 is 0. The minimum absolute atomic E-state index is 0.152. The van der Waals surface area contributed by atoms with Crippen molar-refractivity contribution in [2.45, 2.75) is 32.4 Å². The van der Waals surface area contributed by atoms with Crippen LogP contribution < -0.4 is 5.32 Å². The second-order valence-corrected chi connectivity index (χ2v) is 4.69. The van der Waals surface area contributed by atoms with Crippen molar-refractivity contribution in [3.63, 3.8) is 0 Å². The quantitative estimate of drug-likeness (QED) is 0.844. The number of likely N-dealkylation sites (tertiary alicyclic amines) is 1. The minimum atomic E-state index is -0.152. The fourth-order valence-electron chi connectivity index (χ4n) is 2.57. The Hall–Kier alpha value is -0.930. The second kappa shape index (κ2) is 6.12. The van der Waals surface area contributed by atoms with Crippen LogP contribution >= 0.6 is 0 Å². The Kier molecular flexibility index (Phi) is 4.51. The maximum atomic E-state index is 13.0. The molecule has 0 aliphatic carbocycles. The Bertz CT molecular complexity index is 354. The van der Waals surface area contributed by atoms with Crippen molar-refractivity contribution in [1.82, 2.24) is 10.2 Å². The lowest BCUT2D eigenvalue weighted by Crippen LogP contribution is -2.37. The number of hydrogen-bond acceptors (Lipinski definition) is 2. The Morgan fingerprint density at radius 3 is 3.12 bits per heavy atom. The molecule has 1 aromatic rings. The normalized spacial score (nSPS) is 20.9. The molecule has 1 aliphatic heterocycles. The molecular formula is C14H21FN2. The van der Waals surface area contributed by atoms with E-state index in [1.807, 2.05) is 6.07 Å². The summed E-state index contributed by atoms with van der Waals surface area (Å²) in [4.78, 5) is 2.51. The summed E-state index contributed by atoms with van der Waals surface area (Å²) in [5, 5.41) is 3.43. The molecule has 0 bridgehead atoms. The van der Waals surface area contributed by atoms with Crippen molar-refractivity contribution in [2.24, 2.45) is 0 Å². The molecule has 0 aromatic heterocycles. The molecule has 17 heavy (non-hydrogen) atoms. The van der Waals surface area contributed by atoms with Crippen molar-refractivity contribution < 1.29 is 4.39 Å². The van der Waals surface area contributed by atoms with Gasteiger partial charge in [-0.25, -0.2) is 4.39 Å². The third-order valence-electron chi connectivity index (χ3n) is 3.50. The van der Waals surface area contributed by atoms with Crippen molar-refractivity contribution >= 4 is 0 Å². The summed E-state index contributed by atoms with van der Waals surface area (Å²) in [6.45, 7) is 6.33. The van der Waals surface area contributed by atoms with Crippen LogP contribution in [0.25, 0.3) is 0 Å². The van der Waals surface area contributed by atoms with Gasteiger partial charge in [-0.2, -0.15) is 0 Å². The minimum Gasteiger partial charge on any atom is -0.311 e. The maximum Gasteiger partial charge on any atom is 0.123 e. The van der Waals surface area contributed by atoms with Gasteiger partial charge in [-0.3, -0.25) is 4.90 Å². The molecule has 3 heteroatoms. The molecule has 94 valence electrons. The van der Waals surface area contributed by atoms with E-state index >= 15 is 0 Å². The van der Waals surface area contributed by atoms with Crippen molar-refractivity contribution in [3.05, 3.63) is 35.6 Å². The zero-order valence-corrected chi connectivity index (χ0v) is 10.5. The topological polar surface area (TPSA) is 15.3 Å². The Balaban J connectivity index is 1.76. The first-order valence-corrected chi connectivity index (χ1v) is 6.49. The van der Waals surface area contributed by atoms with E-state index < -0.39 is 0 Å². The number of benzene rings is 1. The molecule has 0 amide bonds. The predicted molar refractivity (Wildman–Crippen MR) is 68.4 cm³/mol. The molecule has 0 radical (unpaired) electrons. The van der Waals surface area contributed by atoms with E-state index in [1.165, 1.54) is 25.5 Å². The number of halogens is 1. The molecule has 0 unspecified atom stereocenters. The molecule has 2 rings (SSSR count). The van der Waals surface area contributed by atoms with E-state index in [0.29, 0.717) is 6.04 Å². The fraction of sp³-hybridized carbons (Fsp3) is 0.571. The van der Waals surface area contributed by atoms with Crippen molar-refractivity contribution in [2.75, 3.05) is 19.6 Å². The highest BCUT2D eigenvalue weighted by molar-refractivity contribution is 5.15. The van der Waals surface area contributed by atoms with Gasteiger partial charge in [0, 0.05) is 19.1 Å². The standard InChI is InChI=1S/C14H21FN2/c1-2-17-8-4-7-14(17)11-16-10-12-5-3-6-13(15)9-12/h3,5-6,9,14,16H,2,4,7-8,10-11H2,1H3/t14-/m0/s1. The van der Waals surface area contributed by atoms with Crippen molar-refractivity contribution in [3.8, 4) is 0 Å². The molecule has 2 nitrogen and oxygen atoms in total. The van der Waals surface area contributed by atoms with Crippen LogP contribution in [0.15, 0.2) is 24.3 Å². The molecule has 1 N–H and O–H groups in total. The molecule has 1 aliphatic rings. The molecule has 1 aromatic carbocycles. The van der Waals surface area contributed by atoms with Gasteiger partial charge in [-0.05, 0) is 43.6 Å². The number of nitrogens with one attached hydrogen (secondary N) is 1. The Morgan fingerprint density at radius 2 is 2.35 bits per heavy atom. The number of rotatable bonds is 5. The van der Waals surface area contributed by atoms with Crippen LogP contribution in [0, 0.1) is 5.82 Å². The third kappa shape index (κ3) is 3.51. The molecular weight excluding hydrogens is 215 g/mol. The van der Waals surface area contributed by atoms with E-state index in [4.69, 9.17) is 0 Å². The van der Waals surface area contributed by atoms with Gasteiger partial charge in [0.05, 0.1) is 0 Å². The molecule has 0 spiro atoms. The SMILES string of the molecule is CCN1CCC[C@H]1CNCc1cccc(F)c1. The predicted octanol–water partition coefficient (Wildman–Crippen LogP) is 2.40. The molecule has 1 atom stereocenters. The first-order valence-electron chi connectivity index (χ1n) is 6.49. The van der Waals surface area contributed by atoms with E-state index in [-0.39, 0.29) is 5.82 Å². The van der Waals surface area contributed by atoms with E-state index in [2.05, 4.69) is 17.1 Å². The van der Waals surface area contributed by atoms with Crippen LogP contribution in [0.5, 0.6) is 0 Å². The lowest BCUT2D eigenvalue weighted by Gasteiger charge is -2.23. The van der Waals surface area contributed by atoms with Gasteiger partial charge < -0.3 is 5.32 Å². The molecule has 0 saturated carbocycles. The Labute approximate surface area is 103 Å². The van der Waals surface area contributed by atoms with Crippen LogP contribution in [0.4, 0.5) is 4.39 Å². The van der Waals surface area contributed by atoms with Gasteiger partial charge >= 0.3 is 0 Å². The summed E-state index contributed by atoms with van der Waals surface area (Å²) in [7, 11) is 0. The highest BCUT2D eigenvalue weighted by Crippen LogP contribution is 2.15. The van der Waals surface area contributed by atoms with E-state index in [0.717, 1.165) is 25.2 Å². The summed E-state index contributed by atoms with van der Waals surface area (Å²) in [5.74, 6) is -0.152. The first kappa shape index (κ1) is 12.5. The molecule has 1 heterocycles. The number of hydrogen-bond donors (Lipinski definition) is 1. The van der Waals surface area contributed by atoms with Gasteiger partial charge in [0.1, 0.15) is 5.82 Å². The molecule has 1 fully saturated rings. The van der Waals surface area contributed by atoms with E-state index in [1.54, 1.807) is 12.1 Å². The Morgan fingerprint density at radius 1 is 1.47 bits per heavy atom. The van der Waals surface area contributed by atoms with Gasteiger partial charge in [0.15, 0.2) is 0 Å². The fourth-order valence-corrected chi connectivity index (χ4v) is 2.57. The molecule has 1 saturated heterocycles. The van der Waals surface area contributed by atoms with Crippen LogP contribution in [-0.4, -0.2) is 30.6 Å². The number of nitrogens with zero attached hydrogens (tertiary/aromatic N) is 1. The summed E-state index contributed by atoms with van der Waals surface area (Å²) < 4.78 is 13.0. The zero-order chi connectivity index (χ0) is 12.1. The third-order valence-corrected chi connectivity index (χ3v) is 3.50. The van der Waals surface area contributed by atoms with Crippen molar-refractivity contribution in [1.29, 1.82) is 0 Å². The van der Waals surface area contributed by atoms with Gasteiger partial charge in [-0.15, -0.1) is 0 Å². The second-order valence-electron chi connectivity index (χ2n) is 4.69. The van der Waals surface area contributed by atoms with E-state index in [9.17, 15) is 4.39 Å². The van der Waals surface area contributed by atoms with Crippen LogP contribution in [-0.2, 0) is 6.54 Å². The lowest BCUT2D eigenvalue weighted by molar-refractivity contribution is 0.260. The monoisotopic (exact) mass is 236 g/mol. The average Bonchev–Trinajstić information content (AvgIpc) is 2.77. The summed E-state index contributed by atoms with van der Waals surface area (Å²) in [6.07, 6.45) is 2.59. The highest BCUT2D eigenvalue weighted by Gasteiger charge is 2.21. The van der Waals surface area contributed by atoms with Crippen LogP contribution in [0.1, 0.15) is 25.3 Å². The zero-order valence-electron chi connectivity index (χ0n) is 10.5. The number of likely N-dealkylation sites (N-methyl/N-ethyl adjacent to an activating group) is 1. The maximum absolute atomic E-state index is 13.0.